The zero-order valence-corrected chi connectivity index (χ0v) is 13.6. The number of hydrogen-bond donors (Lipinski definition) is 1. The third kappa shape index (κ3) is 3.87. The van der Waals surface area contributed by atoms with Crippen molar-refractivity contribution in [2.45, 2.75) is 52.5 Å². The highest BCUT2D eigenvalue weighted by atomic mass is 35.5. The van der Waals surface area contributed by atoms with Crippen molar-refractivity contribution < 1.29 is 4.74 Å². The quantitative estimate of drug-likeness (QED) is 0.921. The summed E-state index contributed by atoms with van der Waals surface area (Å²) >= 11 is 6.41. The molecule has 0 aromatic heterocycles. The molecule has 0 aliphatic carbocycles. The summed E-state index contributed by atoms with van der Waals surface area (Å²) < 4.78 is 5.82. The maximum Gasteiger partial charge on any atom is 0.0726 e. The van der Waals surface area contributed by atoms with Crippen LogP contribution in [-0.2, 0) is 11.3 Å². The van der Waals surface area contributed by atoms with Crippen molar-refractivity contribution in [1.29, 1.82) is 0 Å². The molecule has 3 nitrogen and oxygen atoms in total. The molecule has 0 amide bonds. The fourth-order valence-electron chi connectivity index (χ4n) is 2.70. The Morgan fingerprint density at radius 3 is 2.55 bits per heavy atom. The Labute approximate surface area is 127 Å². The van der Waals surface area contributed by atoms with Gasteiger partial charge in [-0.05, 0) is 26.0 Å². The Hall–Kier alpha value is -0.770. The van der Waals surface area contributed by atoms with Gasteiger partial charge in [-0.1, -0.05) is 31.5 Å². The van der Waals surface area contributed by atoms with Gasteiger partial charge in [0.2, 0.25) is 0 Å². The van der Waals surface area contributed by atoms with Crippen molar-refractivity contribution in [1.82, 2.24) is 5.32 Å². The lowest BCUT2D eigenvalue weighted by atomic mass is 10.1. The van der Waals surface area contributed by atoms with Crippen LogP contribution in [0.2, 0.25) is 5.02 Å². The fraction of sp³-hybridized carbons (Fsp3) is 0.625. The lowest BCUT2D eigenvalue weighted by Gasteiger charge is -2.38. The van der Waals surface area contributed by atoms with E-state index in [4.69, 9.17) is 16.3 Å². The van der Waals surface area contributed by atoms with Crippen LogP contribution in [0.4, 0.5) is 5.69 Å². The van der Waals surface area contributed by atoms with Crippen molar-refractivity contribution in [2.24, 2.45) is 0 Å². The van der Waals surface area contributed by atoms with Crippen LogP contribution in [0.5, 0.6) is 0 Å². The molecular weight excluding hydrogens is 272 g/mol. The van der Waals surface area contributed by atoms with E-state index in [1.165, 1.54) is 11.3 Å². The normalized spacial score (nSPS) is 23.4. The molecular formula is C16H25ClN2O. The van der Waals surface area contributed by atoms with Crippen LogP contribution in [-0.4, -0.2) is 31.3 Å². The maximum atomic E-state index is 6.41. The molecule has 2 unspecified atom stereocenters. The average Bonchev–Trinajstić information content (AvgIpc) is 2.35. The van der Waals surface area contributed by atoms with E-state index in [2.05, 4.69) is 44.0 Å². The predicted octanol–water partition coefficient (Wildman–Crippen LogP) is 3.45. The number of morpholine rings is 1. The lowest BCUT2D eigenvalue weighted by molar-refractivity contribution is -0.00526. The first kappa shape index (κ1) is 15.6. The first-order valence-electron chi connectivity index (χ1n) is 7.38. The topological polar surface area (TPSA) is 24.5 Å². The van der Waals surface area contributed by atoms with Gasteiger partial charge in [0, 0.05) is 41.9 Å². The van der Waals surface area contributed by atoms with Crippen LogP contribution < -0.4 is 10.2 Å². The molecule has 0 spiro atoms. The number of halogens is 1. The molecule has 1 saturated heterocycles. The first-order chi connectivity index (χ1) is 9.47. The third-order valence-electron chi connectivity index (χ3n) is 3.54. The average molecular weight is 297 g/mol. The van der Waals surface area contributed by atoms with E-state index in [1.807, 2.05) is 12.1 Å². The molecule has 1 aromatic carbocycles. The second kappa shape index (κ2) is 6.79. The summed E-state index contributed by atoms with van der Waals surface area (Å²) in [6.45, 7) is 11.2. The van der Waals surface area contributed by atoms with E-state index < -0.39 is 0 Å². The van der Waals surface area contributed by atoms with Crippen molar-refractivity contribution in [3.05, 3.63) is 28.8 Å². The fourth-order valence-corrected chi connectivity index (χ4v) is 2.94. The minimum absolute atomic E-state index is 0.253. The van der Waals surface area contributed by atoms with Gasteiger partial charge < -0.3 is 15.0 Å². The summed E-state index contributed by atoms with van der Waals surface area (Å²) in [4.78, 5) is 2.39. The second-order valence-electron chi connectivity index (χ2n) is 5.94. The highest BCUT2D eigenvalue weighted by Gasteiger charge is 2.24. The molecule has 4 heteroatoms. The highest BCUT2D eigenvalue weighted by Crippen LogP contribution is 2.29. The van der Waals surface area contributed by atoms with E-state index in [0.717, 1.165) is 24.7 Å². The monoisotopic (exact) mass is 296 g/mol. The number of ether oxygens (including phenoxy) is 1. The molecule has 0 bridgehead atoms. The lowest BCUT2D eigenvalue weighted by Crippen LogP contribution is -2.46. The third-order valence-corrected chi connectivity index (χ3v) is 3.90. The van der Waals surface area contributed by atoms with Crippen molar-refractivity contribution in [2.75, 3.05) is 18.0 Å². The molecule has 1 aromatic rings. The Morgan fingerprint density at radius 2 is 1.95 bits per heavy atom. The zero-order valence-electron chi connectivity index (χ0n) is 12.8. The van der Waals surface area contributed by atoms with Crippen LogP contribution >= 0.6 is 11.6 Å². The number of benzene rings is 1. The van der Waals surface area contributed by atoms with E-state index in [9.17, 15) is 0 Å². The van der Waals surface area contributed by atoms with Crippen molar-refractivity contribution in [3.8, 4) is 0 Å². The Kier molecular flexibility index (Phi) is 5.30. The summed E-state index contributed by atoms with van der Waals surface area (Å²) in [5, 5.41) is 4.30. The van der Waals surface area contributed by atoms with Crippen LogP contribution in [0.25, 0.3) is 0 Å². The number of nitrogens with zero attached hydrogens (tertiary/aromatic N) is 1. The van der Waals surface area contributed by atoms with Crippen LogP contribution in [0.1, 0.15) is 33.3 Å². The molecule has 1 N–H and O–H groups in total. The molecule has 1 heterocycles. The van der Waals surface area contributed by atoms with Crippen LogP contribution in [0.15, 0.2) is 18.2 Å². The van der Waals surface area contributed by atoms with Gasteiger partial charge in [0.05, 0.1) is 12.2 Å². The van der Waals surface area contributed by atoms with E-state index in [-0.39, 0.29) is 12.2 Å². The van der Waals surface area contributed by atoms with Gasteiger partial charge in [-0.2, -0.15) is 0 Å². The smallest absolute Gasteiger partial charge is 0.0726 e. The van der Waals surface area contributed by atoms with E-state index in [1.54, 1.807) is 0 Å². The van der Waals surface area contributed by atoms with Crippen molar-refractivity contribution >= 4 is 17.3 Å². The van der Waals surface area contributed by atoms with Gasteiger partial charge in [-0.15, -0.1) is 0 Å². The van der Waals surface area contributed by atoms with Crippen molar-refractivity contribution in [3.63, 3.8) is 0 Å². The molecule has 0 saturated carbocycles. The van der Waals surface area contributed by atoms with Gasteiger partial charge in [0.1, 0.15) is 0 Å². The van der Waals surface area contributed by atoms with Crippen LogP contribution in [0, 0.1) is 0 Å². The highest BCUT2D eigenvalue weighted by molar-refractivity contribution is 6.31. The molecule has 1 aliphatic rings. The molecule has 1 fully saturated rings. The number of rotatable bonds is 4. The Balaban J connectivity index is 2.23. The summed E-state index contributed by atoms with van der Waals surface area (Å²) in [7, 11) is 0. The van der Waals surface area contributed by atoms with E-state index >= 15 is 0 Å². The number of anilines is 1. The molecule has 20 heavy (non-hydrogen) atoms. The molecule has 1 aliphatic heterocycles. The Bertz CT molecular complexity index is 440. The largest absolute Gasteiger partial charge is 0.372 e. The zero-order chi connectivity index (χ0) is 14.7. The maximum absolute atomic E-state index is 6.41. The number of nitrogens with one attached hydrogen (secondary N) is 1. The summed E-state index contributed by atoms with van der Waals surface area (Å²) in [6.07, 6.45) is 0.507. The molecule has 2 rings (SSSR count). The van der Waals surface area contributed by atoms with Crippen LogP contribution in [0.3, 0.4) is 0 Å². The minimum Gasteiger partial charge on any atom is -0.372 e. The minimum atomic E-state index is 0.253. The van der Waals surface area contributed by atoms with Gasteiger partial charge >= 0.3 is 0 Å². The Morgan fingerprint density at radius 1 is 1.30 bits per heavy atom. The summed E-state index contributed by atoms with van der Waals surface area (Å²) in [5.41, 5.74) is 2.41. The van der Waals surface area contributed by atoms with Gasteiger partial charge in [0.15, 0.2) is 0 Å². The van der Waals surface area contributed by atoms with E-state index in [0.29, 0.717) is 6.04 Å². The molecule has 0 radical (unpaired) electrons. The number of hydrogen-bond acceptors (Lipinski definition) is 3. The first-order valence-corrected chi connectivity index (χ1v) is 7.76. The van der Waals surface area contributed by atoms with Gasteiger partial charge in [-0.25, -0.2) is 0 Å². The molecule has 2 atom stereocenters. The molecule has 112 valence electrons. The SMILES string of the molecule is CC(C)NCc1c(Cl)cccc1N1CC(C)OC(C)C1. The predicted molar refractivity (Wildman–Crippen MR) is 85.6 cm³/mol. The second-order valence-corrected chi connectivity index (χ2v) is 6.34. The standard InChI is InChI=1S/C16H25ClN2O/c1-11(2)18-8-14-15(17)6-5-7-16(14)19-9-12(3)20-13(4)10-19/h5-7,11-13,18H,8-10H2,1-4H3. The summed E-state index contributed by atoms with van der Waals surface area (Å²) in [5.74, 6) is 0. The van der Waals surface area contributed by atoms with Gasteiger partial charge in [0.25, 0.3) is 0 Å². The van der Waals surface area contributed by atoms with Gasteiger partial charge in [-0.3, -0.25) is 0 Å². The summed E-state index contributed by atoms with van der Waals surface area (Å²) in [6, 6.07) is 6.60.